The maximum Gasteiger partial charge on any atom is 0.119 e. The van der Waals surface area contributed by atoms with Crippen molar-refractivity contribution in [1.82, 2.24) is 5.32 Å². The Bertz CT molecular complexity index is 361. The first-order chi connectivity index (χ1) is 8.25. The van der Waals surface area contributed by atoms with Crippen molar-refractivity contribution < 1.29 is 4.74 Å². The van der Waals surface area contributed by atoms with Gasteiger partial charge in [-0.1, -0.05) is 22.4 Å². The molecule has 1 aromatic carbocycles. The van der Waals surface area contributed by atoms with Gasteiger partial charge in [-0.25, -0.2) is 0 Å². The number of nitrogens with one attached hydrogen (secondary N) is 1. The van der Waals surface area contributed by atoms with Gasteiger partial charge in [-0.05, 0) is 56.5 Å². The summed E-state index contributed by atoms with van der Waals surface area (Å²) in [5.41, 5.74) is 1.22. The van der Waals surface area contributed by atoms with E-state index in [1.54, 1.807) is 0 Å². The van der Waals surface area contributed by atoms with E-state index >= 15 is 0 Å². The van der Waals surface area contributed by atoms with Crippen LogP contribution in [0.1, 0.15) is 31.2 Å². The van der Waals surface area contributed by atoms with E-state index in [2.05, 4.69) is 34.2 Å². The topological polar surface area (TPSA) is 21.3 Å². The number of aryl methyl sites for hydroxylation is 1. The third kappa shape index (κ3) is 4.00. The first kappa shape index (κ1) is 12.9. The van der Waals surface area contributed by atoms with Crippen LogP contribution >= 0.6 is 15.9 Å². The molecule has 17 heavy (non-hydrogen) atoms. The van der Waals surface area contributed by atoms with Crippen molar-refractivity contribution in [1.29, 1.82) is 0 Å². The molecule has 94 valence electrons. The zero-order valence-electron chi connectivity index (χ0n) is 10.3. The smallest absolute Gasteiger partial charge is 0.119 e. The molecule has 0 aromatic heterocycles. The van der Waals surface area contributed by atoms with Crippen molar-refractivity contribution in [2.24, 2.45) is 0 Å². The molecule has 0 spiro atoms. The standard InChI is InChI=1S/C14H20BrNO/c1-11-10-13(5-6-14(11)15)17-9-7-12-4-2-3-8-16-12/h5-6,10,12,16H,2-4,7-9H2,1H3. The van der Waals surface area contributed by atoms with E-state index in [9.17, 15) is 0 Å². The first-order valence-electron chi connectivity index (χ1n) is 6.38. The van der Waals surface area contributed by atoms with E-state index < -0.39 is 0 Å². The van der Waals surface area contributed by atoms with Crippen molar-refractivity contribution >= 4 is 15.9 Å². The van der Waals surface area contributed by atoms with Crippen molar-refractivity contribution in [3.8, 4) is 5.75 Å². The number of halogens is 1. The fraction of sp³-hybridized carbons (Fsp3) is 0.571. The SMILES string of the molecule is Cc1cc(OCCC2CCCCN2)ccc1Br. The predicted molar refractivity (Wildman–Crippen MR) is 74.6 cm³/mol. The Labute approximate surface area is 112 Å². The molecular weight excluding hydrogens is 278 g/mol. The van der Waals surface area contributed by atoms with E-state index in [-0.39, 0.29) is 0 Å². The number of piperidine rings is 1. The Morgan fingerprint density at radius 2 is 2.29 bits per heavy atom. The lowest BCUT2D eigenvalue weighted by Gasteiger charge is -2.23. The summed E-state index contributed by atoms with van der Waals surface area (Å²) in [5, 5.41) is 3.54. The van der Waals surface area contributed by atoms with E-state index in [0.717, 1.165) is 23.2 Å². The third-order valence-corrected chi connectivity index (χ3v) is 4.17. The van der Waals surface area contributed by atoms with Gasteiger partial charge in [0.15, 0.2) is 0 Å². The normalized spacial score (nSPS) is 20.2. The first-order valence-corrected chi connectivity index (χ1v) is 7.17. The molecule has 1 aromatic rings. The lowest BCUT2D eigenvalue weighted by Crippen LogP contribution is -2.35. The summed E-state index contributed by atoms with van der Waals surface area (Å²) in [6.07, 6.45) is 5.08. The fourth-order valence-corrected chi connectivity index (χ4v) is 2.44. The van der Waals surface area contributed by atoms with Crippen molar-refractivity contribution in [3.05, 3.63) is 28.2 Å². The van der Waals surface area contributed by atoms with Gasteiger partial charge in [-0.2, -0.15) is 0 Å². The monoisotopic (exact) mass is 297 g/mol. The summed E-state index contributed by atoms with van der Waals surface area (Å²) < 4.78 is 6.92. The van der Waals surface area contributed by atoms with E-state index in [0.29, 0.717) is 6.04 Å². The molecule has 1 unspecified atom stereocenters. The Kier molecular flexibility index (Phi) is 4.86. The van der Waals surface area contributed by atoms with Crippen molar-refractivity contribution in [3.63, 3.8) is 0 Å². The number of hydrogen-bond acceptors (Lipinski definition) is 2. The molecule has 0 bridgehead atoms. The molecule has 1 atom stereocenters. The number of hydrogen-bond donors (Lipinski definition) is 1. The Morgan fingerprint density at radius 3 is 3.00 bits per heavy atom. The second-order valence-corrected chi connectivity index (χ2v) is 5.55. The zero-order chi connectivity index (χ0) is 12.1. The van der Waals surface area contributed by atoms with Crippen LogP contribution in [-0.2, 0) is 0 Å². The van der Waals surface area contributed by atoms with Crippen LogP contribution in [0.3, 0.4) is 0 Å². The molecule has 2 nitrogen and oxygen atoms in total. The van der Waals surface area contributed by atoms with Gasteiger partial charge in [0.2, 0.25) is 0 Å². The molecule has 0 amide bonds. The van der Waals surface area contributed by atoms with E-state index in [1.165, 1.54) is 31.4 Å². The maximum atomic E-state index is 5.78. The van der Waals surface area contributed by atoms with Crippen LogP contribution in [0.5, 0.6) is 5.75 Å². The Balaban J connectivity index is 1.75. The Hall–Kier alpha value is -0.540. The van der Waals surface area contributed by atoms with Gasteiger partial charge in [-0.3, -0.25) is 0 Å². The summed E-state index contributed by atoms with van der Waals surface area (Å²) in [4.78, 5) is 0. The fourth-order valence-electron chi connectivity index (χ4n) is 2.20. The predicted octanol–water partition coefficient (Wildman–Crippen LogP) is 3.67. The summed E-state index contributed by atoms with van der Waals surface area (Å²) in [5.74, 6) is 0.974. The van der Waals surface area contributed by atoms with Crippen LogP contribution in [0, 0.1) is 6.92 Å². The average Bonchev–Trinajstić information content (AvgIpc) is 2.35. The van der Waals surface area contributed by atoms with E-state index in [1.807, 2.05) is 12.1 Å². The number of ether oxygens (including phenoxy) is 1. The second kappa shape index (κ2) is 6.41. The molecule has 1 N–H and O–H groups in total. The van der Waals surface area contributed by atoms with Crippen LogP contribution in [0.25, 0.3) is 0 Å². The van der Waals surface area contributed by atoms with Gasteiger partial charge >= 0.3 is 0 Å². The molecule has 1 saturated heterocycles. The van der Waals surface area contributed by atoms with Gasteiger partial charge in [0.05, 0.1) is 6.61 Å². The lowest BCUT2D eigenvalue weighted by molar-refractivity contribution is 0.268. The van der Waals surface area contributed by atoms with E-state index in [4.69, 9.17) is 4.74 Å². The highest BCUT2D eigenvalue weighted by molar-refractivity contribution is 9.10. The molecule has 0 radical (unpaired) electrons. The largest absolute Gasteiger partial charge is 0.494 e. The molecule has 1 aliphatic heterocycles. The minimum absolute atomic E-state index is 0.653. The molecule has 1 aliphatic rings. The lowest BCUT2D eigenvalue weighted by atomic mass is 10.0. The molecule has 1 heterocycles. The highest BCUT2D eigenvalue weighted by Crippen LogP contribution is 2.22. The molecule has 1 fully saturated rings. The van der Waals surface area contributed by atoms with Crippen LogP contribution in [0.4, 0.5) is 0 Å². The van der Waals surface area contributed by atoms with Crippen LogP contribution in [0.2, 0.25) is 0 Å². The van der Waals surface area contributed by atoms with Gasteiger partial charge in [0.1, 0.15) is 5.75 Å². The highest BCUT2D eigenvalue weighted by atomic mass is 79.9. The summed E-state index contributed by atoms with van der Waals surface area (Å²) in [6.45, 7) is 4.06. The number of rotatable bonds is 4. The van der Waals surface area contributed by atoms with Crippen molar-refractivity contribution in [2.45, 2.75) is 38.6 Å². The molecule has 0 aliphatic carbocycles. The summed E-state index contributed by atoms with van der Waals surface area (Å²) >= 11 is 3.49. The van der Waals surface area contributed by atoms with Gasteiger partial charge in [-0.15, -0.1) is 0 Å². The minimum atomic E-state index is 0.653. The molecule has 2 rings (SSSR count). The minimum Gasteiger partial charge on any atom is -0.494 e. The van der Waals surface area contributed by atoms with Gasteiger partial charge < -0.3 is 10.1 Å². The zero-order valence-corrected chi connectivity index (χ0v) is 11.9. The maximum absolute atomic E-state index is 5.78. The Morgan fingerprint density at radius 1 is 1.41 bits per heavy atom. The summed E-state index contributed by atoms with van der Waals surface area (Å²) in [6, 6.07) is 6.80. The highest BCUT2D eigenvalue weighted by Gasteiger charge is 2.12. The van der Waals surface area contributed by atoms with Crippen LogP contribution in [0.15, 0.2) is 22.7 Å². The van der Waals surface area contributed by atoms with Crippen LogP contribution in [-0.4, -0.2) is 19.2 Å². The molecular formula is C14H20BrNO. The van der Waals surface area contributed by atoms with Gasteiger partial charge in [0.25, 0.3) is 0 Å². The van der Waals surface area contributed by atoms with Crippen molar-refractivity contribution in [2.75, 3.05) is 13.2 Å². The average molecular weight is 298 g/mol. The summed E-state index contributed by atoms with van der Waals surface area (Å²) in [7, 11) is 0. The molecule has 3 heteroatoms. The van der Waals surface area contributed by atoms with Crippen LogP contribution < -0.4 is 10.1 Å². The number of benzene rings is 1. The second-order valence-electron chi connectivity index (χ2n) is 4.69. The quantitative estimate of drug-likeness (QED) is 0.916. The molecule has 0 saturated carbocycles. The third-order valence-electron chi connectivity index (χ3n) is 3.28. The van der Waals surface area contributed by atoms with Gasteiger partial charge in [0, 0.05) is 10.5 Å².